The molecule has 5 nitrogen and oxygen atoms in total. The minimum absolute atomic E-state index is 0.812. The Morgan fingerprint density at radius 3 is 2.70 bits per heavy atom. The lowest BCUT2D eigenvalue weighted by atomic mass is 10.1. The molecule has 0 aliphatic rings. The number of nitrogens with zero attached hydrogens (tertiary/aromatic N) is 3. The molecule has 0 saturated heterocycles. The Morgan fingerprint density at radius 1 is 1.00 bits per heavy atom. The summed E-state index contributed by atoms with van der Waals surface area (Å²) in [7, 11) is 2.05. The number of H-pyrrole nitrogens is 1. The van der Waals surface area contributed by atoms with Gasteiger partial charge in [0.25, 0.3) is 0 Å². The van der Waals surface area contributed by atoms with Gasteiger partial charge in [-0.05, 0) is 23.6 Å². The Bertz CT molecular complexity index is 1010. The fourth-order valence-electron chi connectivity index (χ4n) is 3.25. The van der Waals surface area contributed by atoms with Gasteiger partial charge < -0.3 is 15.2 Å². The molecule has 136 valence electrons. The third-order valence-electron chi connectivity index (χ3n) is 4.68. The van der Waals surface area contributed by atoms with Crippen molar-refractivity contribution in [3.8, 4) is 0 Å². The Morgan fingerprint density at radius 2 is 1.81 bits per heavy atom. The zero-order valence-corrected chi connectivity index (χ0v) is 15.4. The van der Waals surface area contributed by atoms with E-state index in [0.29, 0.717) is 0 Å². The summed E-state index contributed by atoms with van der Waals surface area (Å²) in [6, 6.07) is 20.8. The monoisotopic (exact) mass is 357 g/mol. The molecule has 2 N–H and O–H groups in total. The normalized spacial score (nSPS) is 10.9. The van der Waals surface area contributed by atoms with Crippen LogP contribution in [0.3, 0.4) is 0 Å². The van der Waals surface area contributed by atoms with Crippen molar-refractivity contribution in [3.05, 3.63) is 84.3 Å². The van der Waals surface area contributed by atoms with E-state index in [-0.39, 0.29) is 0 Å². The molecule has 5 heteroatoms. The Balaban J connectivity index is 1.37. The number of anilines is 2. The predicted octanol–water partition coefficient (Wildman–Crippen LogP) is 4.25. The van der Waals surface area contributed by atoms with Crippen molar-refractivity contribution in [2.24, 2.45) is 0 Å². The summed E-state index contributed by atoms with van der Waals surface area (Å²) in [5.41, 5.74) is 3.75. The molecule has 2 aromatic heterocycles. The quantitative estimate of drug-likeness (QED) is 0.519. The largest absolute Gasteiger partial charge is 0.370 e. The molecule has 0 aliphatic heterocycles. The van der Waals surface area contributed by atoms with Crippen LogP contribution in [0.25, 0.3) is 10.9 Å². The van der Waals surface area contributed by atoms with Crippen LogP contribution in [0, 0.1) is 0 Å². The van der Waals surface area contributed by atoms with Crippen LogP contribution in [0.2, 0.25) is 0 Å². The van der Waals surface area contributed by atoms with Crippen molar-refractivity contribution in [2.45, 2.75) is 13.0 Å². The van der Waals surface area contributed by atoms with Gasteiger partial charge in [0.1, 0.15) is 18.0 Å². The fourth-order valence-corrected chi connectivity index (χ4v) is 3.25. The highest BCUT2D eigenvalue weighted by Crippen LogP contribution is 2.19. The lowest BCUT2D eigenvalue weighted by Crippen LogP contribution is -2.18. The smallest absolute Gasteiger partial charge is 0.134 e. The van der Waals surface area contributed by atoms with Crippen molar-refractivity contribution in [1.29, 1.82) is 0 Å². The van der Waals surface area contributed by atoms with Gasteiger partial charge in [-0.25, -0.2) is 9.97 Å². The molecule has 2 aromatic carbocycles. The molecule has 0 aliphatic carbocycles. The lowest BCUT2D eigenvalue weighted by molar-refractivity contribution is 0.889. The predicted molar refractivity (Wildman–Crippen MR) is 111 cm³/mol. The Labute approximate surface area is 159 Å². The highest BCUT2D eigenvalue weighted by molar-refractivity contribution is 5.83. The first-order valence-electron chi connectivity index (χ1n) is 9.15. The number of fused-ring (bicyclic) bond motifs is 1. The van der Waals surface area contributed by atoms with E-state index in [0.717, 1.165) is 31.1 Å². The van der Waals surface area contributed by atoms with Crippen LogP contribution in [-0.2, 0) is 13.0 Å². The minimum Gasteiger partial charge on any atom is -0.370 e. The number of benzene rings is 2. The maximum Gasteiger partial charge on any atom is 0.134 e. The van der Waals surface area contributed by atoms with Crippen LogP contribution in [0.5, 0.6) is 0 Å². The summed E-state index contributed by atoms with van der Waals surface area (Å²) >= 11 is 0. The van der Waals surface area contributed by atoms with Gasteiger partial charge in [0.2, 0.25) is 0 Å². The molecule has 0 unspecified atom stereocenters. The van der Waals surface area contributed by atoms with Gasteiger partial charge in [-0.3, -0.25) is 0 Å². The molecule has 4 rings (SSSR count). The maximum absolute atomic E-state index is 4.40. The van der Waals surface area contributed by atoms with Gasteiger partial charge in [-0.2, -0.15) is 0 Å². The first-order chi connectivity index (χ1) is 13.3. The number of nitrogens with one attached hydrogen (secondary N) is 2. The van der Waals surface area contributed by atoms with Crippen LogP contribution in [-0.4, -0.2) is 28.5 Å². The van der Waals surface area contributed by atoms with E-state index >= 15 is 0 Å². The molecule has 27 heavy (non-hydrogen) atoms. The average molecular weight is 357 g/mol. The lowest BCUT2D eigenvalue weighted by Gasteiger charge is -2.18. The van der Waals surface area contributed by atoms with Crippen molar-refractivity contribution >= 4 is 22.5 Å². The van der Waals surface area contributed by atoms with Gasteiger partial charge >= 0.3 is 0 Å². The number of rotatable bonds is 7. The molecule has 0 saturated carbocycles. The van der Waals surface area contributed by atoms with Gasteiger partial charge in [0, 0.05) is 43.3 Å². The number of aromatic amines is 1. The third kappa shape index (κ3) is 4.08. The highest BCUT2D eigenvalue weighted by Gasteiger charge is 2.06. The van der Waals surface area contributed by atoms with Gasteiger partial charge in [0.05, 0.1) is 0 Å². The zero-order valence-electron chi connectivity index (χ0n) is 15.4. The van der Waals surface area contributed by atoms with Crippen LogP contribution in [0.1, 0.15) is 11.1 Å². The van der Waals surface area contributed by atoms with Crippen LogP contribution >= 0.6 is 0 Å². The van der Waals surface area contributed by atoms with Crippen LogP contribution < -0.4 is 10.2 Å². The van der Waals surface area contributed by atoms with E-state index < -0.39 is 0 Å². The number of hydrogen-bond acceptors (Lipinski definition) is 4. The summed E-state index contributed by atoms with van der Waals surface area (Å²) in [5, 5.41) is 4.70. The van der Waals surface area contributed by atoms with Crippen molar-refractivity contribution < 1.29 is 0 Å². The minimum atomic E-state index is 0.812. The summed E-state index contributed by atoms with van der Waals surface area (Å²) in [5.74, 6) is 1.75. The van der Waals surface area contributed by atoms with Crippen LogP contribution in [0.15, 0.2) is 73.2 Å². The van der Waals surface area contributed by atoms with Gasteiger partial charge in [0.15, 0.2) is 0 Å². The molecular formula is C22H23N5. The molecule has 0 atom stereocenters. The summed E-state index contributed by atoms with van der Waals surface area (Å²) in [4.78, 5) is 14.2. The average Bonchev–Trinajstić information content (AvgIpc) is 3.12. The molecule has 4 aromatic rings. The molecule has 0 radical (unpaired) electrons. The van der Waals surface area contributed by atoms with Gasteiger partial charge in [-0.1, -0.05) is 48.5 Å². The van der Waals surface area contributed by atoms with Crippen molar-refractivity contribution in [1.82, 2.24) is 15.0 Å². The van der Waals surface area contributed by atoms with E-state index in [9.17, 15) is 0 Å². The summed E-state index contributed by atoms with van der Waals surface area (Å²) in [6.45, 7) is 1.63. The molecule has 0 fully saturated rings. The van der Waals surface area contributed by atoms with Crippen molar-refractivity contribution in [3.63, 3.8) is 0 Å². The van der Waals surface area contributed by atoms with E-state index in [1.54, 1.807) is 6.33 Å². The first kappa shape index (κ1) is 17.1. The zero-order chi connectivity index (χ0) is 18.5. The SMILES string of the molecule is CN(Cc1ccccc1)c1cc(NCCc2c[nH]c3ccccc23)ncn1. The molecule has 0 bridgehead atoms. The standard InChI is InChI=1S/C22H23N5/c1-27(15-17-7-3-2-4-8-17)22-13-21(25-16-26-22)23-12-11-18-14-24-20-10-6-5-9-19(18)20/h2-10,13-14,16,24H,11-12,15H2,1H3,(H,23,25,26). The van der Waals surface area contributed by atoms with Gasteiger partial charge in [-0.15, -0.1) is 0 Å². The third-order valence-corrected chi connectivity index (χ3v) is 4.68. The second-order valence-corrected chi connectivity index (χ2v) is 6.64. The summed E-state index contributed by atoms with van der Waals surface area (Å²) in [6.07, 6.45) is 4.64. The van der Waals surface area contributed by atoms with E-state index in [1.807, 2.05) is 19.2 Å². The number of para-hydroxylation sites is 1. The Kier molecular flexibility index (Phi) is 5.01. The fraction of sp³-hybridized carbons (Fsp3) is 0.182. The van der Waals surface area contributed by atoms with Crippen molar-refractivity contribution in [2.75, 3.05) is 23.8 Å². The Hall–Kier alpha value is -3.34. The highest BCUT2D eigenvalue weighted by atomic mass is 15.2. The van der Waals surface area contributed by atoms with E-state index in [2.05, 4.69) is 79.9 Å². The molecule has 0 spiro atoms. The molecule has 0 amide bonds. The van der Waals surface area contributed by atoms with E-state index in [4.69, 9.17) is 0 Å². The summed E-state index contributed by atoms with van der Waals surface area (Å²) < 4.78 is 0. The topological polar surface area (TPSA) is 56.8 Å². The maximum atomic E-state index is 4.40. The second-order valence-electron chi connectivity index (χ2n) is 6.64. The number of aromatic nitrogens is 3. The van der Waals surface area contributed by atoms with Crippen LogP contribution in [0.4, 0.5) is 11.6 Å². The number of hydrogen-bond donors (Lipinski definition) is 2. The second kappa shape index (κ2) is 7.91. The van der Waals surface area contributed by atoms with E-state index in [1.165, 1.54) is 22.0 Å². The molecular weight excluding hydrogens is 334 g/mol. The molecule has 2 heterocycles. The first-order valence-corrected chi connectivity index (χ1v) is 9.15.